The van der Waals surface area contributed by atoms with Gasteiger partial charge in [-0.3, -0.25) is 9.97 Å². The van der Waals surface area contributed by atoms with Crippen LogP contribution < -0.4 is 0 Å². The van der Waals surface area contributed by atoms with Crippen LogP contribution in [0.1, 0.15) is 58.2 Å². The third-order valence-electron chi connectivity index (χ3n) is 7.57. The molecule has 2 heterocycles. The molecule has 4 heteroatoms. The van der Waals surface area contributed by atoms with Gasteiger partial charge >= 0.3 is 0 Å². The molecule has 0 saturated heterocycles. The first-order chi connectivity index (χ1) is 19.3. The summed E-state index contributed by atoms with van der Waals surface area (Å²) in [5, 5.41) is 0. The van der Waals surface area contributed by atoms with Crippen LogP contribution in [0.4, 0.5) is 8.78 Å². The molecule has 0 aliphatic heterocycles. The van der Waals surface area contributed by atoms with Crippen molar-refractivity contribution in [3.05, 3.63) is 120 Å². The topological polar surface area (TPSA) is 25.8 Å². The largest absolute Gasteiger partial charge is 0.253 e. The van der Waals surface area contributed by atoms with Crippen molar-refractivity contribution in [3.63, 3.8) is 0 Å². The second-order valence-electron chi connectivity index (χ2n) is 12.7. The maximum atomic E-state index is 15.7. The lowest BCUT2D eigenvalue weighted by atomic mass is 9.77. The van der Waals surface area contributed by atoms with Crippen molar-refractivity contribution in [2.24, 2.45) is 0 Å². The molecule has 2 aromatic heterocycles. The summed E-state index contributed by atoms with van der Waals surface area (Å²) < 4.78 is 29.7. The summed E-state index contributed by atoms with van der Waals surface area (Å²) >= 11 is 0. The summed E-state index contributed by atoms with van der Waals surface area (Å²) in [6.07, 6.45) is 2.90. The first kappa shape index (κ1) is 28.4. The molecule has 0 unspecified atom stereocenters. The average Bonchev–Trinajstić information content (AvgIpc) is 2.93. The summed E-state index contributed by atoms with van der Waals surface area (Å²) in [6, 6.07) is 25.7. The van der Waals surface area contributed by atoms with Crippen molar-refractivity contribution in [1.29, 1.82) is 0 Å². The second-order valence-corrected chi connectivity index (χ2v) is 12.7. The lowest BCUT2D eigenvalue weighted by Crippen LogP contribution is -2.14. The van der Waals surface area contributed by atoms with Crippen LogP contribution in [0.25, 0.3) is 44.8 Å². The van der Waals surface area contributed by atoms with E-state index in [0.29, 0.717) is 22.5 Å². The molecule has 41 heavy (non-hydrogen) atoms. The monoisotopic (exact) mass is 546 g/mol. The SMILES string of the molecule is Cc1ccnc(-c2cc(C(C)(C)C)ccc2-c2cc(-c3ccccc3)c(C(C)(C)C)cc2-c2ccc(F)cn2)c1F. The zero-order valence-electron chi connectivity index (χ0n) is 24.8. The Morgan fingerprint density at radius 3 is 1.98 bits per heavy atom. The number of pyridine rings is 2. The molecule has 0 bridgehead atoms. The summed E-state index contributed by atoms with van der Waals surface area (Å²) in [4.78, 5) is 9.02. The Bertz CT molecular complexity index is 1710. The van der Waals surface area contributed by atoms with E-state index in [4.69, 9.17) is 0 Å². The molecular formula is C37H36F2N2. The molecule has 0 aliphatic rings. The molecule has 0 N–H and O–H groups in total. The molecule has 0 aliphatic carbocycles. The van der Waals surface area contributed by atoms with E-state index < -0.39 is 5.82 Å². The van der Waals surface area contributed by atoms with Crippen LogP contribution >= 0.6 is 0 Å². The van der Waals surface area contributed by atoms with E-state index in [0.717, 1.165) is 38.9 Å². The van der Waals surface area contributed by atoms with Crippen LogP contribution in [0.5, 0.6) is 0 Å². The Morgan fingerprint density at radius 2 is 1.34 bits per heavy atom. The Hall–Kier alpha value is -4.18. The van der Waals surface area contributed by atoms with Gasteiger partial charge in [-0.05, 0) is 93.1 Å². The Kier molecular flexibility index (Phi) is 7.37. The quantitative estimate of drug-likeness (QED) is 0.224. The van der Waals surface area contributed by atoms with Gasteiger partial charge in [0.2, 0.25) is 0 Å². The van der Waals surface area contributed by atoms with Crippen molar-refractivity contribution in [2.45, 2.75) is 59.3 Å². The fraction of sp³-hybridized carbons (Fsp3) is 0.243. The smallest absolute Gasteiger partial charge is 0.152 e. The van der Waals surface area contributed by atoms with E-state index in [1.54, 1.807) is 25.3 Å². The number of hydrogen-bond donors (Lipinski definition) is 0. The van der Waals surface area contributed by atoms with Gasteiger partial charge in [-0.25, -0.2) is 8.78 Å². The highest BCUT2D eigenvalue weighted by Gasteiger charge is 2.26. The average molecular weight is 547 g/mol. The van der Waals surface area contributed by atoms with Gasteiger partial charge in [-0.2, -0.15) is 0 Å². The lowest BCUT2D eigenvalue weighted by molar-refractivity contribution is 0.590. The van der Waals surface area contributed by atoms with Gasteiger partial charge < -0.3 is 0 Å². The maximum absolute atomic E-state index is 15.7. The molecular weight excluding hydrogens is 510 g/mol. The molecule has 208 valence electrons. The molecule has 2 nitrogen and oxygen atoms in total. The van der Waals surface area contributed by atoms with Crippen molar-refractivity contribution in [2.75, 3.05) is 0 Å². The molecule has 0 radical (unpaired) electrons. The molecule has 5 aromatic rings. The zero-order chi connectivity index (χ0) is 29.5. The van der Waals surface area contributed by atoms with E-state index >= 15 is 4.39 Å². The van der Waals surface area contributed by atoms with Crippen molar-refractivity contribution < 1.29 is 8.78 Å². The van der Waals surface area contributed by atoms with Crippen LogP contribution in [0.15, 0.2) is 91.3 Å². The van der Waals surface area contributed by atoms with Crippen LogP contribution in [-0.4, -0.2) is 9.97 Å². The summed E-state index contributed by atoms with van der Waals surface area (Å²) in [7, 11) is 0. The Balaban J connectivity index is 1.92. The van der Waals surface area contributed by atoms with Crippen LogP contribution in [0.3, 0.4) is 0 Å². The van der Waals surface area contributed by atoms with Crippen LogP contribution in [0.2, 0.25) is 0 Å². The minimum absolute atomic E-state index is 0.153. The highest BCUT2D eigenvalue weighted by Crippen LogP contribution is 2.45. The van der Waals surface area contributed by atoms with Crippen molar-refractivity contribution >= 4 is 0 Å². The van der Waals surface area contributed by atoms with Gasteiger partial charge in [0.1, 0.15) is 11.5 Å². The van der Waals surface area contributed by atoms with Crippen molar-refractivity contribution in [1.82, 2.24) is 9.97 Å². The highest BCUT2D eigenvalue weighted by molar-refractivity contribution is 5.94. The first-order valence-electron chi connectivity index (χ1n) is 14.0. The first-order valence-corrected chi connectivity index (χ1v) is 14.0. The molecule has 0 amide bonds. The van der Waals surface area contributed by atoms with Crippen LogP contribution in [0, 0.1) is 18.6 Å². The molecule has 5 rings (SSSR count). The highest BCUT2D eigenvalue weighted by atomic mass is 19.1. The van der Waals surface area contributed by atoms with Gasteiger partial charge in [0.25, 0.3) is 0 Å². The van der Waals surface area contributed by atoms with Gasteiger partial charge in [0, 0.05) is 17.3 Å². The lowest BCUT2D eigenvalue weighted by Gasteiger charge is -2.27. The van der Waals surface area contributed by atoms with E-state index in [1.807, 2.05) is 18.2 Å². The van der Waals surface area contributed by atoms with Crippen LogP contribution in [-0.2, 0) is 10.8 Å². The second kappa shape index (κ2) is 10.7. The number of nitrogens with zero attached hydrogens (tertiary/aromatic N) is 2. The molecule has 0 spiro atoms. The standard InChI is InChI=1S/C37H36F2N2/c1-23-17-18-40-35(34(23)39)31-19-25(36(2,3)4)13-15-27(31)29-20-28(24-11-9-8-10-12-24)32(37(5,6)7)21-30(29)33-16-14-26(38)22-41-33/h8-22H,1-7H3. The Morgan fingerprint density at radius 1 is 0.610 bits per heavy atom. The third-order valence-corrected chi connectivity index (χ3v) is 7.57. The minimum atomic E-state index is -0.395. The number of aromatic nitrogens is 2. The molecule has 0 saturated carbocycles. The third kappa shape index (κ3) is 5.69. The minimum Gasteiger partial charge on any atom is -0.253 e. The summed E-state index contributed by atoms with van der Waals surface area (Å²) in [6.45, 7) is 14.7. The molecule has 3 aromatic carbocycles. The summed E-state index contributed by atoms with van der Waals surface area (Å²) in [5.74, 6) is -0.732. The van der Waals surface area contributed by atoms with Gasteiger partial charge in [0.05, 0.1) is 11.9 Å². The number of hydrogen-bond acceptors (Lipinski definition) is 2. The predicted molar refractivity (Wildman–Crippen MR) is 166 cm³/mol. The fourth-order valence-electron chi connectivity index (χ4n) is 5.22. The number of rotatable bonds is 4. The normalized spacial score (nSPS) is 12.0. The predicted octanol–water partition coefficient (Wildman–Crippen LogP) is 10.3. The fourth-order valence-corrected chi connectivity index (χ4v) is 5.22. The van der Waals surface area contributed by atoms with E-state index in [9.17, 15) is 4.39 Å². The van der Waals surface area contributed by atoms with E-state index in [2.05, 4.69) is 94.0 Å². The van der Waals surface area contributed by atoms with E-state index in [1.165, 1.54) is 12.3 Å². The molecule has 0 fully saturated rings. The van der Waals surface area contributed by atoms with Gasteiger partial charge in [-0.15, -0.1) is 0 Å². The summed E-state index contributed by atoms with van der Waals surface area (Å²) in [5.41, 5.74) is 8.83. The number of benzene rings is 3. The Labute approximate surface area is 242 Å². The van der Waals surface area contributed by atoms with E-state index in [-0.39, 0.29) is 16.6 Å². The van der Waals surface area contributed by atoms with Gasteiger partial charge in [0.15, 0.2) is 5.82 Å². The zero-order valence-corrected chi connectivity index (χ0v) is 24.8. The number of halogens is 2. The number of aryl methyl sites for hydroxylation is 1. The molecule has 0 atom stereocenters. The maximum Gasteiger partial charge on any atom is 0.152 e. The van der Waals surface area contributed by atoms with Crippen molar-refractivity contribution in [3.8, 4) is 44.8 Å². The van der Waals surface area contributed by atoms with Gasteiger partial charge in [-0.1, -0.05) is 84.0 Å².